The highest BCUT2D eigenvalue weighted by Gasteiger charge is 2.71. The van der Waals surface area contributed by atoms with E-state index in [1.54, 1.807) is 0 Å². The van der Waals surface area contributed by atoms with Crippen LogP contribution in [0.25, 0.3) is 0 Å². The van der Waals surface area contributed by atoms with Crippen LogP contribution in [0.15, 0.2) is 0 Å². The molecule has 37 heavy (non-hydrogen) atoms. The number of rotatable bonds is 2. The van der Waals surface area contributed by atoms with Gasteiger partial charge in [0.05, 0.1) is 0 Å². The Labute approximate surface area is 218 Å². The molecule has 0 aromatic carbocycles. The number of hydrogen-bond acceptors (Lipinski definition) is 9. The Morgan fingerprint density at radius 1 is 0.595 bits per heavy atom. The Morgan fingerprint density at radius 2 is 1.05 bits per heavy atom. The van der Waals surface area contributed by atoms with E-state index in [-0.39, 0.29) is 23.7 Å². The standard InChI is InChI=1S/C28H42O9/c1-15-19-9-5-7-17-11-13-25(3)32-23(27(17,19)36-34-25)30-21(15)29-22-16(2)20-10-6-8-18-12-14-26(4)33-24(31-22)28(18,20)37-35-26/h15-24H,5-14H2,1-4H3/t15-,16-,17-,18-,19?,20?,21-,22+,23-,24-,25+,26+,27-,28-/m1/s1. The van der Waals surface area contributed by atoms with Crippen molar-refractivity contribution in [3.8, 4) is 0 Å². The summed E-state index contributed by atoms with van der Waals surface area (Å²) in [7, 11) is 0. The van der Waals surface area contributed by atoms with Gasteiger partial charge in [-0.15, -0.1) is 0 Å². The second kappa shape index (κ2) is 8.10. The van der Waals surface area contributed by atoms with Gasteiger partial charge >= 0.3 is 0 Å². The first kappa shape index (κ1) is 24.4. The molecule has 9 nitrogen and oxygen atoms in total. The van der Waals surface area contributed by atoms with E-state index in [9.17, 15) is 0 Å². The third kappa shape index (κ3) is 3.24. The summed E-state index contributed by atoms with van der Waals surface area (Å²) < 4.78 is 33.1. The van der Waals surface area contributed by atoms with Gasteiger partial charge in [-0.3, -0.25) is 0 Å². The van der Waals surface area contributed by atoms with Crippen LogP contribution in [0.1, 0.15) is 91.9 Å². The summed E-state index contributed by atoms with van der Waals surface area (Å²) in [6.07, 6.45) is 8.36. The lowest BCUT2D eigenvalue weighted by Gasteiger charge is -2.61. The third-order valence-electron chi connectivity index (χ3n) is 11.6. The molecule has 10 rings (SSSR count). The number of ether oxygens (including phenoxy) is 5. The molecular weight excluding hydrogens is 480 g/mol. The second-order valence-electron chi connectivity index (χ2n) is 13.6. The van der Waals surface area contributed by atoms with Crippen LogP contribution in [0.4, 0.5) is 0 Å². The van der Waals surface area contributed by atoms with Crippen LogP contribution in [0, 0.1) is 35.5 Å². The van der Waals surface area contributed by atoms with Crippen LogP contribution >= 0.6 is 0 Å². The molecule has 8 saturated heterocycles. The SMILES string of the molecule is C[C@@H]1C2CCC[C@@H]3CC[C@]4(C)OO[C@@]23[C@H](O[C@H]1O[C@H]1O[C@@H]2O[C@]3(C)CC[C@H]5CCCC([C@H]1C)[C@]52OO3)O4. The van der Waals surface area contributed by atoms with Crippen LogP contribution in [0.2, 0.25) is 0 Å². The Bertz CT molecular complexity index is 861. The van der Waals surface area contributed by atoms with E-state index in [0.29, 0.717) is 11.8 Å². The molecule has 8 heterocycles. The molecule has 2 unspecified atom stereocenters. The van der Waals surface area contributed by atoms with Crippen molar-refractivity contribution < 1.29 is 43.2 Å². The van der Waals surface area contributed by atoms with Crippen molar-refractivity contribution in [2.24, 2.45) is 35.5 Å². The normalized spacial score (nSPS) is 62.3. The van der Waals surface area contributed by atoms with Gasteiger partial charge in [0.1, 0.15) is 0 Å². The molecule has 0 aromatic heterocycles. The van der Waals surface area contributed by atoms with Gasteiger partial charge in [-0.2, -0.15) is 0 Å². The van der Waals surface area contributed by atoms with E-state index in [2.05, 4.69) is 13.8 Å². The molecule has 9 heteroatoms. The third-order valence-corrected chi connectivity index (χ3v) is 11.6. The lowest BCUT2D eigenvalue weighted by molar-refractivity contribution is -0.588. The van der Waals surface area contributed by atoms with Crippen LogP contribution in [0.3, 0.4) is 0 Å². The molecule has 0 N–H and O–H groups in total. The fourth-order valence-electron chi connectivity index (χ4n) is 9.49. The molecule has 8 aliphatic heterocycles. The summed E-state index contributed by atoms with van der Waals surface area (Å²) in [6, 6.07) is 0. The van der Waals surface area contributed by atoms with Gasteiger partial charge in [0.25, 0.3) is 0 Å². The minimum absolute atomic E-state index is 0.100. The maximum atomic E-state index is 6.80. The highest BCUT2D eigenvalue weighted by Crippen LogP contribution is 2.61. The van der Waals surface area contributed by atoms with Gasteiger partial charge in [-0.05, 0) is 64.2 Å². The van der Waals surface area contributed by atoms with Crippen LogP contribution < -0.4 is 0 Å². The summed E-state index contributed by atoms with van der Waals surface area (Å²) in [5, 5.41) is 0. The van der Waals surface area contributed by atoms with Crippen LogP contribution in [-0.2, 0) is 43.2 Å². The first-order valence-corrected chi connectivity index (χ1v) is 14.8. The molecule has 208 valence electrons. The maximum Gasteiger partial charge on any atom is 0.201 e. The Kier molecular flexibility index (Phi) is 5.35. The van der Waals surface area contributed by atoms with Crippen molar-refractivity contribution in [3.05, 3.63) is 0 Å². The molecule has 0 aromatic rings. The van der Waals surface area contributed by atoms with Crippen molar-refractivity contribution in [2.45, 2.75) is 140 Å². The molecule has 14 atom stereocenters. The van der Waals surface area contributed by atoms with Gasteiger partial charge in [0.2, 0.25) is 11.6 Å². The summed E-state index contributed by atoms with van der Waals surface area (Å²) >= 11 is 0. The Balaban J connectivity index is 1.09. The maximum absolute atomic E-state index is 6.80. The highest BCUT2D eigenvalue weighted by molar-refractivity contribution is 5.09. The summed E-state index contributed by atoms with van der Waals surface area (Å²) in [5.41, 5.74) is -1.15. The topological polar surface area (TPSA) is 83.1 Å². The number of fused-ring (bicyclic) bond motifs is 4. The fourth-order valence-corrected chi connectivity index (χ4v) is 9.49. The zero-order valence-corrected chi connectivity index (χ0v) is 22.5. The predicted molar refractivity (Wildman–Crippen MR) is 126 cm³/mol. The molecule has 2 spiro atoms. The zero-order valence-electron chi connectivity index (χ0n) is 22.5. The quantitative estimate of drug-likeness (QED) is 0.469. The smallest absolute Gasteiger partial charge is 0.201 e. The van der Waals surface area contributed by atoms with Crippen molar-refractivity contribution in [1.29, 1.82) is 0 Å². The van der Waals surface area contributed by atoms with E-state index < -0.39 is 47.9 Å². The van der Waals surface area contributed by atoms with Crippen LogP contribution in [0.5, 0.6) is 0 Å². The van der Waals surface area contributed by atoms with Crippen molar-refractivity contribution in [3.63, 3.8) is 0 Å². The minimum Gasteiger partial charge on any atom is -0.323 e. The summed E-state index contributed by atoms with van der Waals surface area (Å²) in [6.45, 7) is 8.35. The van der Waals surface area contributed by atoms with E-state index in [4.69, 9.17) is 43.2 Å². The first-order valence-electron chi connectivity index (χ1n) is 14.8. The lowest BCUT2D eigenvalue weighted by atomic mass is 9.61. The molecule has 0 amide bonds. The lowest BCUT2D eigenvalue weighted by Crippen LogP contribution is -2.71. The van der Waals surface area contributed by atoms with Gasteiger partial charge in [0.15, 0.2) is 36.4 Å². The van der Waals surface area contributed by atoms with E-state index >= 15 is 0 Å². The van der Waals surface area contributed by atoms with Crippen molar-refractivity contribution in [1.82, 2.24) is 0 Å². The largest absolute Gasteiger partial charge is 0.323 e. The monoisotopic (exact) mass is 522 g/mol. The summed E-state index contributed by atoms with van der Waals surface area (Å²) in [4.78, 5) is 24.3. The van der Waals surface area contributed by atoms with Gasteiger partial charge in [0, 0.05) is 36.5 Å². The minimum atomic E-state index is -0.790. The predicted octanol–water partition coefficient (Wildman–Crippen LogP) is 4.93. The fraction of sp³-hybridized carbons (Fsp3) is 1.00. The molecule has 0 radical (unpaired) electrons. The van der Waals surface area contributed by atoms with Gasteiger partial charge < -0.3 is 23.7 Å². The average Bonchev–Trinajstić information content (AvgIpc) is 3.25. The number of hydrogen-bond donors (Lipinski definition) is 0. The first-order chi connectivity index (χ1) is 17.8. The molecule has 10 fully saturated rings. The molecule has 2 aliphatic carbocycles. The molecule has 10 aliphatic rings. The van der Waals surface area contributed by atoms with Crippen molar-refractivity contribution in [2.75, 3.05) is 0 Å². The van der Waals surface area contributed by atoms with Crippen molar-refractivity contribution >= 4 is 0 Å². The van der Waals surface area contributed by atoms with Gasteiger partial charge in [-0.1, -0.05) is 26.7 Å². The summed E-state index contributed by atoms with van der Waals surface area (Å²) in [5.74, 6) is -0.208. The van der Waals surface area contributed by atoms with Crippen LogP contribution in [-0.4, -0.2) is 47.9 Å². The Hall–Kier alpha value is -0.360. The van der Waals surface area contributed by atoms with E-state index in [0.717, 1.165) is 51.4 Å². The Morgan fingerprint density at radius 3 is 1.51 bits per heavy atom. The van der Waals surface area contributed by atoms with E-state index in [1.165, 1.54) is 12.8 Å². The molecular formula is C28H42O9. The van der Waals surface area contributed by atoms with E-state index in [1.807, 2.05) is 13.8 Å². The molecule has 4 bridgehead atoms. The van der Waals surface area contributed by atoms with Gasteiger partial charge in [-0.25, -0.2) is 19.6 Å². The zero-order chi connectivity index (χ0) is 25.2. The highest BCUT2D eigenvalue weighted by atomic mass is 17.3. The average molecular weight is 523 g/mol. The second-order valence-corrected chi connectivity index (χ2v) is 13.6. The molecule has 2 saturated carbocycles.